The van der Waals surface area contributed by atoms with Crippen LogP contribution < -0.4 is 5.32 Å². The second-order valence-corrected chi connectivity index (χ2v) is 3.74. The van der Waals surface area contributed by atoms with Gasteiger partial charge in [-0.1, -0.05) is 0 Å². The molecule has 1 atom stereocenters. The van der Waals surface area contributed by atoms with Gasteiger partial charge in [0.1, 0.15) is 0 Å². The van der Waals surface area contributed by atoms with E-state index < -0.39 is 12.2 Å². The SMILES string of the molecule is CC(C)OC(=O)NCC(O)C1CC1. The van der Waals surface area contributed by atoms with E-state index >= 15 is 0 Å². The highest BCUT2D eigenvalue weighted by Gasteiger charge is 2.29. The third-order valence-corrected chi connectivity index (χ3v) is 1.96. The number of hydrogen-bond acceptors (Lipinski definition) is 3. The molecule has 0 aromatic rings. The Hall–Kier alpha value is -0.770. The van der Waals surface area contributed by atoms with Gasteiger partial charge in [-0.2, -0.15) is 0 Å². The van der Waals surface area contributed by atoms with Crippen molar-refractivity contribution in [2.24, 2.45) is 5.92 Å². The van der Waals surface area contributed by atoms with Crippen molar-refractivity contribution in [1.82, 2.24) is 5.32 Å². The van der Waals surface area contributed by atoms with E-state index in [4.69, 9.17) is 4.74 Å². The molecule has 13 heavy (non-hydrogen) atoms. The van der Waals surface area contributed by atoms with Crippen LogP contribution in [0.2, 0.25) is 0 Å². The summed E-state index contributed by atoms with van der Waals surface area (Å²) >= 11 is 0. The second kappa shape index (κ2) is 4.46. The minimum absolute atomic E-state index is 0.113. The van der Waals surface area contributed by atoms with Crippen LogP contribution >= 0.6 is 0 Å². The maximum Gasteiger partial charge on any atom is 0.407 e. The molecule has 0 bridgehead atoms. The quantitative estimate of drug-likeness (QED) is 0.687. The normalized spacial score (nSPS) is 18.5. The first kappa shape index (κ1) is 10.3. The van der Waals surface area contributed by atoms with Gasteiger partial charge < -0.3 is 15.2 Å². The van der Waals surface area contributed by atoms with Gasteiger partial charge in [-0.05, 0) is 32.6 Å². The summed E-state index contributed by atoms with van der Waals surface area (Å²) in [5, 5.41) is 11.9. The smallest absolute Gasteiger partial charge is 0.407 e. The van der Waals surface area contributed by atoms with E-state index in [-0.39, 0.29) is 6.10 Å². The minimum Gasteiger partial charge on any atom is -0.447 e. The summed E-state index contributed by atoms with van der Waals surface area (Å²) in [5.74, 6) is 0.388. The molecule has 2 N–H and O–H groups in total. The number of carbonyl (C=O) groups is 1. The molecule has 0 aromatic carbocycles. The Balaban J connectivity index is 2.06. The van der Waals surface area contributed by atoms with Crippen LogP contribution in [0.3, 0.4) is 0 Å². The van der Waals surface area contributed by atoms with E-state index in [9.17, 15) is 9.90 Å². The average Bonchev–Trinajstić information content (AvgIpc) is 2.80. The molecule has 0 saturated heterocycles. The Labute approximate surface area is 78.3 Å². The first-order valence-corrected chi connectivity index (χ1v) is 4.72. The Morgan fingerprint density at radius 2 is 2.23 bits per heavy atom. The number of aliphatic hydroxyl groups is 1. The molecule has 1 amide bonds. The summed E-state index contributed by atoms with van der Waals surface area (Å²) in [6.45, 7) is 3.88. The van der Waals surface area contributed by atoms with Gasteiger partial charge in [0, 0.05) is 6.54 Å². The maximum absolute atomic E-state index is 11.0. The highest BCUT2D eigenvalue weighted by atomic mass is 16.6. The van der Waals surface area contributed by atoms with E-state index in [0.717, 1.165) is 12.8 Å². The van der Waals surface area contributed by atoms with Crippen molar-refractivity contribution in [1.29, 1.82) is 0 Å². The van der Waals surface area contributed by atoms with Crippen molar-refractivity contribution in [2.75, 3.05) is 6.54 Å². The fourth-order valence-corrected chi connectivity index (χ4v) is 1.09. The van der Waals surface area contributed by atoms with Gasteiger partial charge in [-0.3, -0.25) is 0 Å². The summed E-state index contributed by atoms with van der Waals surface area (Å²) in [4.78, 5) is 11.0. The lowest BCUT2D eigenvalue weighted by Gasteiger charge is -2.12. The van der Waals surface area contributed by atoms with Crippen molar-refractivity contribution in [3.05, 3.63) is 0 Å². The Morgan fingerprint density at radius 1 is 1.62 bits per heavy atom. The topological polar surface area (TPSA) is 58.6 Å². The Kier molecular flexibility index (Phi) is 3.54. The van der Waals surface area contributed by atoms with Gasteiger partial charge in [-0.15, -0.1) is 0 Å². The average molecular weight is 187 g/mol. The predicted octanol–water partition coefficient (Wildman–Crippen LogP) is 0.892. The van der Waals surface area contributed by atoms with E-state index in [1.165, 1.54) is 0 Å². The molecule has 1 aliphatic rings. The number of carbonyl (C=O) groups excluding carboxylic acids is 1. The number of hydrogen-bond donors (Lipinski definition) is 2. The monoisotopic (exact) mass is 187 g/mol. The second-order valence-electron chi connectivity index (χ2n) is 3.74. The van der Waals surface area contributed by atoms with E-state index in [2.05, 4.69) is 5.32 Å². The lowest BCUT2D eigenvalue weighted by atomic mass is 10.2. The molecule has 1 rings (SSSR count). The molecule has 0 aliphatic heterocycles. The van der Waals surface area contributed by atoms with Gasteiger partial charge >= 0.3 is 6.09 Å². The zero-order chi connectivity index (χ0) is 9.84. The van der Waals surface area contributed by atoms with E-state index in [1.54, 1.807) is 13.8 Å². The molecular formula is C9H17NO3. The molecule has 1 fully saturated rings. The molecule has 4 heteroatoms. The standard InChI is InChI=1S/C9H17NO3/c1-6(2)13-9(12)10-5-8(11)7-3-4-7/h6-8,11H,3-5H2,1-2H3,(H,10,12). The molecule has 1 aliphatic carbocycles. The van der Waals surface area contributed by atoms with Crippen LogP contribution in [-0.4, -0.2) is 30.0 Å². The molecular weight excluding hydrogens is 170 g/mol. The van der Waals surface area contributed by atoms with Crippen molar-refractivity contribution < 1.29 is 14.6 Å². The molecule has 1 unspecified atom stereocenters. The molecule has 0 radical (unpaired) electrons. The van der Waals surface area contributed by atoms with Crippen LogP contribution in [-0.2, 0) is 4.74 Å². The van der Waals surface area contributed by atoms with Crippen LogP contribution in [0.15, 0.2) is 0 Å². The lowest BCUT2D eigenvalue weighted by Crippen LogP contribution is -2.34. The molecule has 4 nitrogen and oxygen atoms in total. The van der Waals surface area contributed by atoms with Crippen molar-refractivity contribution >= 4 is 6.09 Å². The number of alkyl carbamates (subject to hydrolysis) is 1. The summed E-state index contributed by atoms with van der Waals surface area (Å²) in [6.07, 6.45) is 1.18. The molecule has 0 heterocycles. The summed E-state index contributed by atoms with van der Waals surface area (Å²) < 4.78 is 4.84. The molecule has 0 aromatic heterocycles. The van der Waals surface area contributed by atoms with E-state index in [0.29, 0.717) is 12.5 Å². The predicted molar refractivity (Wildman–Crippen MR) is 48.4 cm³/mol. The molecule has 0 spiro atoms. The third kappa shape index (κ3) is 4.12. The highest BCUT2D eigenvalue weighted by molar-refractivity contribution is 5.67. The maximum atomic E-state index is 11.0. The van der Waals surface area contributed by atoms with Gasteiger partial charge in [0.2, 0.25) is 0 Å². The number of ether oxygens (including phenoxy) is 1. The fourth-order valence-electron chi connectivity index (χ4n) is 1.09. The first-order valence-electron chi connectivity index (χ1n) is 4.72. The van der Waals surface area contributed by atoms with Crippen LogP contribution in [0.5, 0.6) is 0 Å². The zero-order valence-electron chi connectivity index (χ0n) is 8.12. The third-order valence-electron chi connectivity index (χ3n) is 1.96. The van der Waals surface area contributed by atoms with Crippen molar-refractivity contribution in [3.8, 4) is 0 Å². The Bertz CT molecular complexity index is 178. The first-order chi connectivity index (χ1) is 6.09. The summed E-state index contributed by atoms with van der Waals surface area (Å²) in [5.41, 5.74) is 0. The van der Waals surface area contributed by atoms with Crippen LogP contribution in [0.25, 0.3) is 0 Å². The van der Waals surface area contributed by atoms with Gasteiger partial charge in [0.05, 0.1) is 12.2 Å². The van der Waals surface area contributed by atoms with Crippen molar-refractivity contribution in [2.45, 2.75) is 38.9 Å². The number of rotatable bonds is 4. The van der Waals surface area contributed by atoms with Crippen LogP contribution in [0, 0.1) is 5.92 Å². The van der Waals surface area contributed by atoms with Crippen LogP contribution in [0.1, 0.15) is 26.7 Å². The van der Waals surface area contributed by atoms with E-state index in [1.807, 2.05) is 0 Å². The molecule has 1 saturated carbocycles. The van der Waals surface area contributed by atoms with Gasteiger partial charge in [0.15, 0.2) is 0 Å². The number of amides is 1. The number of aliphatic hydroxyl groups excluding tert-OH is 1. The number of nitrogens with one attached hydrogen (secondary N) is 1. The fraction of sp³-hybridized carbons (Fsp3) is 0.889. The van der Waals surface area contributed by atoms with Crippen molar-refractivity contribution in [3.63, 3.8) is 0 Å². The zero-order valence-corrected chi connectivity index (χ0v) is 8.12. The van der Waals surface area contributed by atoms with Gasteiger partial charge in [0.25, 0.3) is 0 Å². The summed E-state index contributed by atoms with van der Waals surface area (Å²) in [6, 6.07) is 0. The largest absolute Gasteiger partial charge is 0.447 e. The molecule has 76 valence electrons. The lowest BCUT2D eigenvalue weighted by molar-refractivity contribution is 0.102. The highest BCUT2D eigenvalue weighted by Crippen LogP contribution is 2.32. The van der Waals surface area contributed by atoms with Crippen LogP contribution in [0.4, 0.5) is 4.79 Å². The Morgan fingerprint density at radius 3 is 2.69 bits per heavy atom. The van der Waals surface area contributed by atoms with Gasteiger partial charge in [-0.25, -0.2) is 4.79 Å². The minimum atomic E-state index is -0.449. The summed E-state index contributed by atoms with van der Waals surface area (Å²) in [7, 11) is 0.